The van der Waals surface area contributed by atoms with Gasteiger partial charge in [-0.1, -0.05) is 35.3 Å². The fraction of sp³-hybridized carbons (Fsp3) is 0.188. The highest BCUT2D eigenvalue weighted by atomic mass is 35.5. The predicted molar refractivity (Wildman–Crippen MR) is 89.4 cm³/mol. The number of nitrogens with one attached hydrogen (secondary N) is 1. The number of anilines is 2. The predicted octanol–water partition coefficient (Wildman–Crippen LogP) is 4.60. The zero-order chi connectivity index (χ0) is 16.1. The lowest BCUT2D eigenvalue weighted by molar-refractivity contribution is -0.115. The standard InChI is InChI=1S/C16H15Cl2FN2O/c1-2-21(12-6-3-5-11(19)9-12)10-15(22)20-16-13(17)7-4-8-14(16)18/h3-9H,2,10H2,1H3,(H,20,22). The molecule has 2 rings (SSSR count). The fourth-order valence-electron chi connectivity index (χ4n) is 2.03. The Hall–Kier alpha value is -1.78. The molecule has 2 aromatic rings. The number of para-hydroxylation sites is 1. The first-order valence-electron chi connectivity index (χ1n) is 6.75. The van der Waals surface area contributed by atoms with Crippen molar-refractivity contribution >= 4 is 40.5 Å². The number of hydrogen-bond donors (Lipinski definition) is 1. The monoisotopic (exact) mass is 340 g/mol. The Bertz CT molecular complexity index is 659. The highest BCUT2D eigenvalue weighted by Crippen LogP contribution is 2.29. The maximum absolute atomic E-state index is 13.3. The van der Waals surface area contributed by atoms with Crippen molar-refractivity contribution in [1.82, 2.24) is 0 Å². The summed E-state index contributed by atoms with van der Waals surface area (Å²) in [5.41, 5.74) is 1.02. The molecular weight excluding hydrogens is 326 g/mol. The van der Waals surface area contributed by atoms with Crippen LogP contribution in [0.4, 0.5) is 15.8 Å². The normalized spacial score (nSPS) is 10.4. The van der Waals surface area contributed by atoms with E-state index in [4.69, 9.17) is 23.2 Å². The number of halogens is 3. The molecule has 1 N–H and O–H groups in total. The molecule has 0 spiro atoms. The summed E-state index contributed by atoms with van der Waals surface area (Å²) in [7, 11) is 0. The average molecular weight is 341 g/mol. The van der Waals surface area contributed by atoms with E-state index in [2.05, 4.69) is 5.32 Å². The van der Waals surface area contributed by atoms with E-state index in [0.717, 1.165) is 0 Å². The third-order valence-electron chi connectivity index (χ3n) is 3.12. The van der Waals surface area contributed by atoms with E-state index in [1.807, 2.05) is 6.92 Å². The lowest BCUT2D eigenvalue weighted by atomic mass is 10.2. The largest absolute Gasteiger partial charge is 0.362 e. The number of rotatable bonds is 5. The molecule has 0 bridgehead atoms. The van der Waals surface area contributed by atoms with Gasteiger partial charge in [-0.2, -0.15) is 0 Å². The van der Waals surface area contributed by atoms with Crippen LogP contribution in [-0.2, 0) is 4.79 Å². The van der Waals surface area contributed by atoms with Crippen LogP contribution in [0.15, 0.2) is 42.5 Å². The maximum atomic E-state index is 13.3. The molecule has 6 heteroatoms. The molecule has 0 saturated carbocycles. The molecule has 0 radical (unpaired) electrons. The first-order chi connectivity index (χ1) is 10.5. The summed E-state index contributed by atoms with van der Waals surface area (Å²) in [5, 5.41) is 3.43. The number of benzene rings is 2. The molecule has 0 aromatic heterocycles. The minimum atomic E-state index is -0.342. The van der Waals surface area contributed by atoms with Gasteiger partial charge in [0.25, 0.3) is 0 Å². The van der Waals surface area contributed by atoms with Crippen LogP contribution >= 0.6 is 23.2 Å². The highest BCUT2D eigenvalue weighted by molar-refractivity contribution is 6.39. The van der Waals surface area contributed by atoms with E-state index in [0.29, 0.717) is 28.0 Å². The Labute approximate surface area is 138 Å². The Kier molecular flexibility index (Phi) is 5.63. The average Bonchev–Trinajstić information content (AvgIpc) is 2.48. The lowest BCUT2D eigenvalue weighted by Crippen LogP contribution is -2.33. The zero-order valence-corrected chi connectivity index (χ0v) is 13.5. The van der Waals surface area contributed by atoms with Gasteiger partial charge >= 0.3 is 0 Å². The molecule has 0 aliphatic rings. The Morgan fingerprint density at radius 2 is 1.82 bits per heavy atom. The van der Waals surface area contributed by atoms with Crippen LogP contribution in [0.3, 0.4) is 0 Å². The number of amides is 1. The third kappa shape index (κ3) is 4.12. The fourth-order valence-corrected chi connectivity index (χ4v) is 2.52. The van der Waals surface area contributed by atoms with Gasteiger partial charge in [-0.05, 0) is 37.3 Å². The number of carbonyl (C=O) groups is 1. The Morgan fingerprint density at radius 3 is 2.41 bits per heavy atom. The van der Waals surface area contributed by atoms with Crippen LogP contribution < -0.4 is 10.2 Å². The van der Waals surface area contributed by atoms with Crippen LogP contribution in [0.1, 0.15) is 6.92 Å². The van der Waals surface area contributed by atoms with Crippen molar-refractivity contribution in [2.45, 2.75) is 6.92 Å². The molecule has 3 nitrogen and oxygen atoms in total. The van der Waals surface area contributed by atoms with Crippen molar-refractivity contribution in [1.29, 1.82) is 0 Å². The summed E-state index contributed by atoms with van der Waals surface area (Å²) < 4.78 is 13.3. The number of nitrogens with zero attached hydrogens (tertiary/aromatic N) is 1. The van der Waals surface area contributed by atoms with Gasteiger partial charge in [0.2, 0.25) is 5.91 Å². The topological polar surface area (TPSA) is 32.3 Å². The van der Waals surface area contributed by atoms with Crippen molar-refractivity contribution in [3.05, 3.63) is 58.3 Å². The van der Waals surface area contributed by atoms with Gasteiger partial charge < -0.3 is 10.2 Å². The smallest absolute Gasteiger partial charge is 0.243 e. The second kappa shape index (κ2) is 7.47. The van der Waals surface area contributed by atoms with Gasteiger partial charge in [0.15, 0.2) is 0 Å². The van der Waals surface area contributed by atoms with E-state index >= 15 is 0 Å². The number of carbonyl (C=O) groups excluding carboxylic acids is 1. The molecule has 116 valence electrons. The molecule has 0 fully saturated rings. The molecule has 0 aliphatic carbocycles. The highest BCUT2D eigenvalue weighted by Gasteiger charge is 2.13. The molecule has 1 amide bonds. The quantitative estimate of drug-likeness (QED) is 0.862. The summed E-state index contributed by atoms with van der Waals surface area (Å²) >= 11 is 12.0. The van der Waals surface area contributed by atoms with Crippen molar-refractivity contribution < 1.29 is 9.18 Å². The summed E-state index contributed by atoms with van der Waals surface area (Å²) in [4.78, 5) is 13.9. The van der Waals surface area contributed by atoms with Crippen molar-refractivity contribution in [3.8, 4) is 0 Å². The first kappa shape index (κ1) is 16.6. The number of hydrogen-bond acceptors (Lipinski definition) is 2. The van der Waals surface area contributed by atoms with E-state index in [1.54, 1.807) is 35.2 Å². The van der Waals surface area contributed by atoms with Gasteiger partial charge in [0.05, 0.1) is 22.3 Å². The van der Waals surface area contributed by atoms with Gasteiger partial charge in [0.1, 0.15) is 5.82 Å². The van der Waals surface area contributed by atoms with Crippen molar-refractivity contribution in [2.24, 2.45) is 0 Å². The van der Waals surface area contributed by atoms with E-state index in [9.17, 15) is 9.18 Å². The van der Waals surface area contributed by atoms with Crippen LogP contribution in [0.2, 0.25) is 10.0 Å². The van der Waals surface area contributed by atoms with E-state index in [1.165, 1.54) is 12.1 Å². The molecule has 2 aromatic carbocycles. The second-order valence-electron chi connectivity index (χ2n) is 4.64. The van der Waals surface area contributed by atoms with E-state index in [-0.39, 0.29) is 18.3 Å². The van der Waals surface area contributed by atoms with Crippen LogP contribution in [0.5, 0.6) is 0 Å². The number of likely N-dealkylation sites (N-methyl/N-ethyl adjacent to an activating group) is 1. The van der Waals surface area contributed by atoms with Crippen LogP contribution in [0, 0.1) is 5.82 Å². The summed E-state index contributed by atoms with van der Waals surface area (Å²) in [6, 6.07) is 11.1. The third-order valence-corrected chi connectivity index (χ3v) is 3.75. The molecule has 0 aliphatic heterocycles. The van der Waals surface area contributed by atoms with Crippen molar-refractivity contribution in [2.75, 3.05) is 23.3 Å². The molecule has 0 saturated heterocycles. The summed E-state index contributed by atoms with van der Waals surface area (Å²) in [6.45, 7) is 2.52. The molecule has 22 heavy (non-hydrogen) atoms. The van der Waals surface area contributed by atoms with Gasteiger partial charge in [0, 0.05) is 12.2 Å². The van der Waals surface area contributed by atoms with Crippen LogP contribution in [0.25, 0.3) is 0 Å². The van der Waals surface area contributed by atoms with E-state index < -0.39 is 0 Å². The minimum Gasteiger partial charge on any atom is -0.362 e. The minimum absolute atomic E-state index is 0.0709. The Morgan fingerprint density at radius 1 is 1.18 bits per heavy atom. The Balaban J connectivity index is 2.10. The van der Waals surface area contributed by atoms with Crippen molar-refractivity contribution in [3.63, 3.8) is 0 Å². The van der Waals surface area contributed by atoms with Gasteiger partial charge in [-0.15, -0.1) is 0 Å². The molecular formula is C16H15Cl2FN2O. The summed E-state index contributed by atoms with van der Waals surface area (Å²) in [6.07, 6.45) is 0. The second-order valence-corrected chi connectivity index (χ2v) is 5.45. The zero-order valence-electron chi connectivity index (χ0n) is 11.9. The molecule has 0 atom stereocenters. The SMILES string of the molecule is CCN(CC(=O)Nc1c(Cl)cccc1Cl)c1cccc(F)c1. The van der Waals surface area contributed by atoms with Gasteiger partial charge in [-0.25, -0.2) is 4.39 Å². The van der Waals surface area contributed by atoms with Crippen LogP contribution in [-0.4, -0.2) is 19.0 Å². The maximum Gasteiger partial charge on any atom is 0.243 e. The van der Waals surface area contributed by atoms with Gasteiger partial charge in [-0.3, -0.25) is 4.79 Å². The lowest BCUT2D eigenvalue weighted by Gasteiger charge is -2.22. The first-order valence-corrected chi connectivity index (χ1v) is 7.51. The summed E-state index contributed by atoms with van der Waals surface area (Å²) in [5.74, 6) is -0.619. The molecule has 0 unspecified atom stereocenters. The molecule has 0 heterocycles.